The maximum Gasteiger partial charge on any atom is 0.157 e. The SMILES string of the molecule is CC12C=C(c3cccc(-n4ccc(-c5cocc5-c5ccc6c(c5)c5cc(-c7cnn(-c8ccc9oc%10ccccc%10c9c8)c7-n7cccc7)ccc5n6-c5ccccc5)n4)c3)C=CC1Oc1c(-n3nccc3-n3cccn3)cccc12. The lowest BCUT2D eigenvalue weighted by molar-refractivity contribution is 0.228. The van der Waals surface area contributed by atoms with Crippen LogP contribution in [0.1, 0.15) is 18.1 Å². The van der Waals surface area contributed by atoms with Gasteiger partial charge in [-0.2, -0.15) is 20.4 Å². The third-order valence-corrected chi connectivity index (χ3v) is 16.5. The van der Waals surface area contributed by atoms with Gasteiger partial charge >= 0.3 is 0 Å². The van der Waals surface area contributed by atoms with Crippen molar-refractivity contribution in [3.05, 3.63) is 267 Å². The Balaban J connectivity index is 0.716. The van der Waals surface area contributed by atoms with Crippen molar-refractivity contribution < 1.29 is 13.6 Å². The van der Waals surface area contributed by atoms with Crippen molar-refractivity contribution >= 4 is 49.3 Å². The normalized spacial score (nSPS) is 15.7. The molecular formula is C69H46N10O3. The molecule has 0 amide bonds. The Hall–Kier alpha value is -11.2. The molecule has 9 heterocycles. The largest absolute Gasteiger partial charge is 0.482 e. The smallest absolute Gasteiger partial charge is 0.157 e. The van der Waals surface area contributed by atoms with E-state index in [-0.39, 0.29) is 6.10 Å². The Morgan fingerprint density at radius 2 is 1.32 bits per heavy atom. The van der Waals surface area contributed by atoms with Gasteiger partial charge in [-0.15, -0.1) is 0 Å². The molecule has 1 aliphatic heterocycles. The molecule has 0 bridgehead atoms. The van der Waals surface area contributed by atoms with E-state index < -0.39 is 5.41 Å². The number of ether oxygens (including phenoxy) is 1. The second kappa shape index (κ2) is 17.7. The van der Waals surface area contributed by atoms with Crippen molar-refractivity contribution in [3.63, 3.8) is 0 Å². The van der Waals surface area contributed by atoms with Gasteiger partial charge in [0.25, 0.3) is 0 Å². The number of allylic oxidation sites excluding steroid dienone is 2. The van der Waals surface area contributed by atoms with Crippen LogP contribution in [0.4, 0.5) is 0 Å². The zero-order chi connectivity index (χ0) is 54.0. The lowest BCUT2D eigenvalue weighted by atomic mass is 9.74. The molecule has 0 radical (unpaired) electrons. The molecule has 13 heteroatoms. The minimum atomic E-state index is -0.423. The highest BCUT2D eigenvalue weighted by atomic mass is 16.5. The predicted molar refractivity (Wildman–Crippen MR) is 320 cm³/mol. The van der Waals surface area contributed by atoms with Gasteiger partial charge in [-0.05, 0) is 138 Å². The van der Waals surface area contributed by atoms with Crippen LogP contribution < -0.4 is 4.74 Å². The number of hydrogen-bond acceptors (Lipinski definition) is 7. The lowest BCUT2D eigenvalue weighted by Crippen LogP contribution is -2.33. The Kier molecular flexibility index (Phi) is 9.87. The second-order valence-corrected chi connectivity index (χ2v) is 21.2. The Morgan fingerprint density at radius 3 is 2.17 bits per heavy atom. The summed E-state index contributed by atoms with van der Waals surface area (Å²) in [6.45, 7) is 2.25. The summed E-state index contributed by atoms with van der Waals surface area (Å²) in [5.41, 5.74) is 16.3. The van der Waals surface area contributed by atoms with Gasteiger partial charge in [-0.25, -0.2) is 18.7 Å². The predicted octanol–water partition coefficient (Wildman–Crippen LogP) is 15.5. The van der Waals surface area contributed by atoms with Crippen LogP contribution in [0.2, 0.25) is 0 Å². The maximum absolute atomic E-state index is 6.77. The van der Waals surface area contributed by atoms with Gasteiger partial charge in [-0.1, -0.05) is 84.9 Å². The number of benzene rings is 7. The van der Waals surface area contributed by atoms with Crippen molar-refractivity contribution in [3.8, 4) is 73.6 Å². The van der Waals surface area contributed by atoms with E-state index in [9.17, 15) is 0 Å². The minimum Gasteiger partial charge on any atom is -0.482 e. The van der Waals surface area contributed by atoms with E-state index in [1.165, 1.54) is 0 Å². The van der Waals surface area contributed by atoms with Crippen molar-refractivity contribution in [2.75, 3.05) is 0 Å². The molecule has 15 aromatic rings. The van der Waals surface area contributed by atoms with Crippen LogP contribution in [-0.2, 0) is 5.41 Å². The highest BCUT2D eigenvalue weighted by Gasteiger charge is 2.45. The zero-order valence-corrected chi connectivity index (χ0v) is 44.0. The van der Waals surface area contributed by atoms with E-state index in [4.69, 9.17) is 28.9 Å². The highest BCUT2D eigenvalue weighted by Crippen LogP contribution is 2.51. The van der Waals surface area contributed by atoms with E-state index in [1.54, 1.807) is 18.7 Å². The summed E-state index contributed by atoms with van der Waals surface area (Å²) in [5, 5.41) is 23.8. The Labute approximate surface area is 468 Å². The third kappa shape index (κ3) is 6.99. The quantitative estimate of drug-likeness (QED) is 0.134. The molecule has 82 heavy (non-hydrogen) atoms. The van der Waals surface area contributed by atoms with Crippen LogP contribution >= 0.6 is 0 Å². The number of nitrogens with zero attached hydrogens (tertiary/aromatic N) is 10. The topological polar surface area (TPSA) is 117 Å². The first-order valence-electron chi connectivity index (χ1n) is 27.3. The fraction of sp³-hybridized carbons (Fsp3) is 0.0435. The lowest BCUT2D eigenvalue weighted by Gasteiger charge is -2.29. The van der Waals surface area contributed by atoms with Gasteiger partial charge in [-0.3, -0.25) is 0 Å². The van der Waals surface area contributed by atoms with E-state index in [0.29, 0.717) is 0 Å². The van der Waals surface area contributed by atoms with Gasteiger partial charge in [0.2, 0.25) is 0 Å². The molecule has 17 rings (SSSR count). The molecule has 390 valence electrons. The molecule has 1 aliphatic carbocycles. The minimum absolute atomic E-state index is 0.185. The molecule has 7 aromatic carbocycles. The molecule has 2 unspecified atom stereocenters. The van der Waals surface area contributed by atoms with Crippen molar-refractivity contribution in [1.82, 2.24) is 48.3 Å². The Bertz CT molecular complexity index is 5060. The van der Waals surface area contributed by atoms with E-state index in [1.807, 2.05) is 98.2 Å². The van der Waals surface area contributed by atoms with Crippen LogP contribution in [0, 0.1) is 0 Å². The molecule has 2 atom stereocenters. The Morgan fingerprint density at radius 1 is 0.524 bits per heavy atom. The number of fused-ring (bicyclic) bond motifs is 9. The highest BCUT2D eigenvalue weighted by molar-refractivity contribution is 6.12. The van der Waals surface area contributed by atoms with Gasteiger partial charge in [0.05, 0.1) is 52.2 Å². The summed E-state index contributed by atoms with van der Waals surface area (Å²) in [6.07, 6.45) is 23.7. The number of para-hydroxylation sites is 3. The number of aromatic nitrogens is 10. The van der Waals surface area contributed by atoms with Crippen molar-refractivity contribution in [2.45, 2.75) is 18.4 Å². The average Bonchev–Trinajstić information content (AvgIpc) is 4.49. The van der Waals surface area contributed by atoms with Crippen LogP contribution in [-0.4, -0.2) is 54.4 Å². The average molecular weight is 1060 g/mol. The summed E-state index contributed by atoms with van der Waals surface area (Å²) in [7, 11) is 0. The second-order valence-electron chi connectivity index (χ2n) is 21.2. The van der Waals surface area contributed by atoms with Crippen LogP contribution in [0.5, 0.6) is 5.75 Å². The first kappa shape index (κ1) is 45.8. The maximum atomic E-state index is 6.77. The van der Waals surface area contributed by atoms with Crippen LogP contribution in [0.3, 0.4) is 0 Å². The fourth-order valence-corrected chi connectivity index (χ4v) is 12.5. The number of furan rings is 2. The summed E-state index contributed by atoms with van der Waals surface area (Å²) in [4.78, 5) is 0. The molecule has 8 aromatic heterocycles. The van der Waals surface area contributed by atoms with Gasteiger partial charge in [0, 0.05) is 86.5 Å². The van der Waals surface area contributed by atoms with Crippen LogP contribution in [0.15, 0.2) is 265 Å². The molecule has 0 saturated carbocycles. The summed E-state index contributed by atoms with van der Waals surface area (Å²) >= 11 is 0. The molecule has 2 aliphatic rings. The van der Waals surface area contributed by atoms with E-state index >= 15 is 0 Å². The molecule has 0 saturated heterocycles. The first-order valence-corrected chi connectivity index (χ1v) is 27.3. The molecule has 0 spiro atoms. The standard InChI is InChI=1S/C69H46N10O3/c1-69-40-47(22-27-65(69)82-67-58(69)17-10-18-62(67)79-66(28-31-71-79)76-34-11-30-70-76)44-12-9-15-49(36-44)75-35-29-59(73-75)57-43-80-42-56(57)46-21-25-61-53(38-46)52-37-45(20-24-60(52)77(61)48-13-3-2-4-14-48)55-41-72-78(68(55)74-32-7-8-33-74)50-23-26-64-54(39-50)51-16-5-6-19-63(51)81-64/h2-43,65H,1H3. The summed E-state index contributed by atoms with van der Waals surface area (Å²) in [6, 6.07) is 63.3. The molecule has 13 nitrogen and oxygen atoms in total. The van der Waals surface area contributed by atoms with Crippen molar-refractivity contribution in [1.29, 1.82) is 0 Å². The monoisotopic (exact) mass is 1060 g/mol. The van der Waals surface area contributed by atoms with Gasteiger partial charge in [0.1, 0.15) is 40.8 Å². The van der Waals surface area contributed by atoms with Crippen LogP contribution in [0.25, 0.3) is 117 Å². The number of hydrogen-bond donors (Lipinski definition) is 0. The fourth-order valence-electron chi connectivity index (χ4n) is 12.5. The molecule has 0 fully saturated rings. The number of rotatable bonds is 10. The van der Waals surface area contributed by atoms with E-state index in [0.717, 1.165) is 134 Å². The molecule has 0 N–H and O–H groups in total. The van der Waals surface area contributed by atoms with E-state index in [2.05, 4.69) is 179 Å². The summed E-state index contributed by atoms with van der Waals surface area (Å²) in [5.74, 6) is 2.58. The zero-order valence-electron chi connectivity index (χ0n) is 44.0. The van der Waals surface area contributed by atoms with Gasteiger partial charge < -0.3 is 22.7 Å². The van der Waals surface area contributed by atoms with Crippen molar-refractivity contribution in [2.24, 2.45) is 0 Å². The summed E-state index contributed by atoms with van der Waals surface area (Å²) < 4.78 is 31.2. The molecular weight excluding hydrogens is 1020 g/mol. The first-order chi connectivity index (χ1) is 40.5. The third-order valence-electron chi connectivity index (χ3n) is 16.5. The van der Waals surface area contributed by atoms with Gasteiger partial charge in [0.15, 0.2) is 5.82 Å².